The molecule has 0 spiro atoms. The highest BCUT2D eigenvalue weighted by Crippen LogP contribution is 2.31. The summed E-state index contributed by atoms with van der Waals surface area (Å²) in [5.74, 6) is -1.61. The first kappa shape index (κ1) is 17.4. The Bertz CT molecular complexity index is 823. The van der Waals surface area contributed by atoms with E-state index >= 15 is 0 Å². The van der Waals surface area contributed by atoms with Crippen LogP contribution in [0.25, 0.3) is 11.0 Å². The number of fused-ring (bicyclic) bond motifs is 1. The lowest BCUT2D eigenvalue weighted by atomic mass is 10.1. The molecule has 2 aromatic rings. The monoisotopic (exact) mass is 344 g/mol. The van der Waals surface area contributed by atoms with Gasteiger partial charge in [0, 0.05) is 24.3 Å². The van der Waals surface area contributed by atoms with Crippen molar-refractivity contribution in [3.63, 3.8) is 0 Å². The van der Waals surface area contributed by atoms with Gasteiger partial charge in [0.25, 0.3) is 5.91 Å². The lowest BCUT2D eigenvalue weighted by Gasteiger charge is -2.25. The van der Waals surface area contributed by atoms with Crippen LogP contribution in [0.15, 0.2) is 12.3 Å². The Morgan fingerprint density at radius 1 is 1.36 bits per heavy atom. The molecule has 1 amide bonds. The van der Waals surface area contributed by atoms with Gasteiger partial charge in [-0.25, -0.2) is 9.67 Å². The Morgan fingerprint density at radius 2 is 2.04 bits per heavy atom. The minimum Gasteiger partial charge on any atom is -0.481 e. The predicted octanol–water partition coefficient (Wildman–Crippen LogP) is 2.65. The highest BCUT2D eigenvalue weighted by atomic mass is 16.4. The minimum atomic E-state index is -0.887. The normalized spacial score (nSPS) is 15.6. The maximum Gasteiger partial charge on any atom is 0.308 e. The summed E-state index contributed by atoms with van der Waals surface area (Å²) < 4.78 is 1.81. The second kappa shape index (κ2) is 6.46. The average molecular weight is 344 g/mol. The zero-order chi connectivity index (χ0) is 18.3. The summed E-state index contributed by atoms with van der Waals surface area (Å²) in [4.78, 5) is 30.7. The van der Waals surface area contributed by atoms with Gasteiger partial charge in [-0.3, -0.25) is 9.59 Å². The van der Waals surface area contributed by atoms with Crippen LogP contribution >= 0.6 is 0 Å². The van der Waals surface area contributed by atoms with Crippen LogP contribution in [0.3, 0.4) is 0 Å². The van der Waals surface area contributed by atoms with Crippen molar-refractivity contribution in [2.45, 2.75) is 52.6 Å². The fraction of sp³-hybridized carbons (Fsp3) is 0.556. The number of nitrogens with zero attached hydrogens (tertiary/aromatic N) is 4. The lowest BCUT2D eigenvalue weighted by Crippen LogP contribution is -2.38. The molecule has 25 heavy (non-hydrogen) atoms. The Hall–Kier alpha value is -2.44. The van der Waals surface area contributed by atoms with Crippen LogP contribution in [-0.2, 0) is 4.79 Å². The van der Waals surface area contributed by atoms with Crippen molar-refractivity contribution in [1.29, 1.82) is 0 Å². The molecule has 1 fully saturated rings. The number of carbonyl (C=O) groups is 2. The molecule has 0 radical (unpaired) electrons. The molecule has 1 aliphatic carbocycles. The first-order valence-electron chi connectivity index (χ1n) is 8.68. The number of carboxylic acid groups (broad SMARTS) is 1. The molecule has 0 aromatic carbocycles. The van der Waals surface area contributed by atoms with E-state index < -0.39 is 11.9 Å². The first-order valence-corrected chi connectivity index (χ1v) is 8.68. The number of aliphatic carboxylic acids is 1. The van der Waals surface area contributed by atoms with Gasteiger partial charge in [-0.15, -0.1) is 0 Å². The molecule has 1 atom stereocenters. The van der Waals surface area contributed by atoms with Crippen LogP contribution in [0, 0.1) is 12.8 Å². The Labute approximate surface area is 146 Å². The van der Waals surface area contributed by atoms with Crippen LogP contribution in [0.5, 0.6) is 0 Å². The first-order chi connectivity index (χ1) is 11.8. The number of carboxylic acids is 1. The summed E-state index contributed by atoms with van der Waals surface area (Å²) in [6.07, 6.45) is 3.54. The molecule has 0 saturated heterocycles. The van der Waals surface area contributed by atoms with Gasteiger partial charge in [-0.1, -0.05) is 6.92 Å². The number of hydrogen-bond acceptors (Lipinski definition) is 4. The quantitative estimate of drug-likeness (QED) is 0.870. The van der Waals surface area contributed by atoms with E-state index in [4.69, 9.17) is 0 Å². The number of carbonyl (C=O) groups excluding carboxylic acids is 1. The number of rotatable bonds is 6. The van der Waals surface area contributed by atoms with E-state index in [1.165, 1.54) is 0 Å². The van der Waals surface area contributed by atoms with Crippen molar-refractivity contribution in [2.24, 2.45) is 5.92 Å². The fourth-order valence-electron chi connectivity index (χ4n) is 3.01. The largest absolute Gasteiger partial charge is 0.481 e. The van der Waals surface area contributed by atoms with Gasteiger partial charge < -0.3 is 10.0 Å². The van der Waals surface area contributed by atoms with E-state index in [1.807, 2.05) is 20.8 Å². The summed E-state index contributed by atoms with van der Waals surface area (Å²) in [5.41, 5.74) is 2.00. The maximum atomic E-state index is 13.2. The molecule has 7 heteroatoms. The fourth-order valence-corrected chi connectivity index (χ4v) is 3.01. The van der Waals surface area contributed by atoms with Crippen molar-refractivity contribution in [3.05, 3.63) is 23.5 Å². The molecule has 2 aromatic heterocycles. The van der Waals surface area contributed by atoms with Crippen molar-refractivity contribution >= 4 is 22.9 Å². The molecular formula is C18H24N4O3. The van der Waals surface area contributed by atoms with Gasteiger partial charge in [-0.05, 0) is 39.7 Å². The van der Waals surface area contributed by atoms with Crippen LogP contribution in [-0.4, -0.2) is 49.2 Å². The molecule has 1 unspecified atom stereocenters. The zero-order valence-electron chi connectivity index (χ0n) is 15.1. The van der Waals surface area contributed by atoms with Gasteiger partial charge >= 0.3 is 5.97 Å². The smallest absolute Gasteiger partial charge is 0.308 e. The standard InChI is InChI=1S/C18H24N4O3/c1-10(2)22-16-15(8-19-22)14(7-12(4)20-16)17(23)21(13-5-6-13)9-11(3)18(24)25/h7-8,10-11,13H,5-6,9H2,1-4H3,(H,24,25). The summed E-state index contributed by atoms with van der Waals surface area (Å²) >= 11 is 0. The summed E-state index contributed by atoms with van der Waals surface area (Å²) in [5, 5.41) is 14.3. The Morgan fingerprint density at radius 3 is 2.60 bits per heavy atom. The van der Waals surface area contributed by atoms with Gasteiger partial charge in [0.05, 0.1) is 23.1 Å². The van der Waals surface area contributed by atoms with E-state index in [2.05, 4.69) is 10.1 Å². The minimum absolute atomic E-state index is 0.130. The van der Waals surface area contributed by atoms with Gasteiger partial charge in [0.2, 0.25) is 0 Å². The topological polar surface area (TPSA) is 88.3 Å². The molecule has 134 valence electrons. The SMILES string of the molecule is Cc1cc(C(=O)N(CC(C)C(=O)O)C2CC2)c2cnn(C(C)C)c2n1. The van der Waals surface area contributed by atoms with Crippen LogP contribution < -0.4 is 0 Å². The van der Waals surface area contributed by atoms with Crippen molar-refractivity contribution in [2.75, 3.05) is 6.54 Å². The Kier molecular flexibility index (Phi) is 4.49. The maximum absolute atomic E-state index is 13.2. The summed E-state index contributed by atoms with van der Waals surface area (Å²) in [7, 11) is 0. The number of hydrogen-bond donors (Lipinski definition) is 1. The van der Waals surface area contributed by atoms with Crippen LogP contribution in [0.2, 0.25) is 0 Å². The Balaban J connectivity index is 2.01. The molecule has 1 saturated carbocycles. The predicted molar refractivity (Wildman–Crippen MR) is 93.5 cm³/mol. The highest BCUT2D eigenvalue weighted by molar-refractivity contribution is 6.05. The van der Waals surface area contributed by atoms with Crippen LogP contribution in [0.4, 0.5) is 0 Å². The molecule has 3 rings (SSSR count). The number of aromatic nitrogens is 3. The highest BCUT2D eigenvalue weighted by Gasteiger charge is 2.35. The lowest BCUT2D eigenvalue weighted by molar-refractivity contribution is -0.141. The second-order valence-electron chi connectivity index (χ2n) is 7.16. The van der Waals surface area contributed by atoms with E-state index in [9.17, 15) is 14.7 Å². The molecule has 2 heterocycles. The molecular weight excluding hydrogens is 320 g/mol. The third-order valence-electron chi connectivity index (χ3n) is 4.55. The van der Waals surface area contributed by atoms with E-state index in [0.717, 1.165) is 23.9 Å². The molecule has 0 bridgehead atoms. The van der Waals surface area contributed by atoms with Gasteiger partial charge in [-0.2, -0.15) is 5.10 Å². The third-order valence-corrected chi connectivity index (χ3v) is 4.55. The second-order valence-corrected chi connectivity index (χ2v) is 7.16. The van der Waals surface area contributed by atoms with Gasteiger partial charge in [0.15, 0.2) is 5.65 Å². The van der Waals surface area contributed by atoms with Crippen molar-refractivity contribution in [1.82, 2.24) is 19.7 Å². The molecule has 7 nitrogen and oxygen atoms in total. The average Bonchev–Trinajstić information content (AvgIpc) is 3.29. The van der Waals surface area contributed by atoms with Crippen molar-refractivity contribution in [3.8, 4) is 0 Å². The van der Waals surface area contributed by atoms with Gasteiger partial charge in [0.1, 0.15) is 0 Å². The number of pyridine rings is 1. The van der Waals surface area contributed by atoms with E-state index in [-0.39, 0.29) is 24.5 Å². The van der Waals surface area contributed by atoms with E-state index in [0.29, 0.717) is 11.2 Å². The zero-order valence-corrected chi connectivity index (χ0v) is 15.1. The number of aryl methyl sites for hydroxylation is 1. The molecule has 1 aliphatic rings. The molecule has 0 aliphatic heterocycles. The third kappa shape index (κ3) is 3.36. The van der Waals surface area contributed by atoms with E-state index in [1.54, 1.807) is 28.8 Å². The molecule has 1 N–H and O–H groups in total. The number of amides is 1. The van der Waals surface area contributed by atoms with Crippen LogP contribution in [0.1, 0.15) is 55.7 Å². The summed E-state index contributed by atoms with van der Waals surface area (Å²) in [6.45, 7) is 7.75. The summed E-state index contributed by atoms with van der Waals surface area (Å²) in [6, 6.07) is 2.05. The van der Waals surface area contributed by atoms with Crippen molar-refractivity contribution < 1.29 is 14.7 Å².